The fourth-order valence-corrected chi connectivity index (χ4v) is 1.54. The monoisotopic (exact) mass is 253 g/mol. The largest absolute Gasteiger partial charge is 0.464 e. The van der Waals surface area contributed by atoms with Crippen LogP contribution in [0.5, 0.6) is 0 Å². The van der Waals surface area contributed by atoms with E-state index in [0.717, 1.165) is 12.8 Å². The average Bonchev–Trinajstić information content (AvgIpc) is 2.71. The smallest absolute Gasteiger partial charge is 0.356 e. The Labute approximate surface area is 106 Å². The number of carbonyl (C=O) groups excluding carboxylic acids is 2. The van der Waals surface area contributed by atoms with Crippen molar-refractivity contribution in [3.8, 4) is 0 Å². The van der Waals surface area contributed by atoms with Gasteiger partial charge in [0.05, 0.1) is 13.3 Å². The molecule has 0 unspecified atom stereocenters. The molecule has 0 aromatic carbocycles. The Hall–Kier alpha value is -1.85. The first kappa shape index (κ1) is 14.2. The van der Waals surface area contributed by atoms with E-state index in [0.29, 0.717) is 18.1 Å². The van der Waals surface area contributed by atoms with Crippen molar-refractivity contribution in [1.29, 1.82) is 0 Å². The van der Waals surface area contributed by atoms with Crippen LogP contribution in [0.1, 0.15) is 36.1 Å². The van der Waals surface area contributed by atoms with Crippen LogP contribution < -0.4 is 5.32 Å². The highest BCUT2D eigenvalue weighted by molar-refractivity contribution is 5.88. The number of nitrogens with one attached hydrogen (secondary N) is 1. The van der Waals surface area contributed by atoms with Gasteiger partial charge in [-0.1, -0.05) is 13.3 Å². The van der Waals surface area contributed by atoms with E-state index in [4.69, 9.17) is 0 Å². The highest BCUT2D eigenvalue weighted by Crippen LogP contribution is 2.06. The molecule has 6 heteroatoms. The summed E-state index contributed by atoms with van der Waals surface area (Å²) in [5, 5.41) is 2.79. The van der Waals surface area contributed by atoms with Crippen LogP contribution >= 0.6 is 0 Å². The van der Waals surface area contributed by atoms with E-state index in [1.54, 1.807) is 11.5 Å². The molecule has 6 nitrogen and oxygen atoms in total. The number of hydrogen-bond donors (Lipinski definition) is 1. The van der Waals surface area contributed by atoms with Crippen LogP contribution in [0.4, 0.5) is 0 Å². The number of ether oxygens (including phenoxy) is 1. The second kappa shape index (κ2) is 6.78. The fraction of sp³-hybridized carbons (Fsp3) is 0.583. The molecule has 100 valence electrons. The predicted molar refractivity (Wildman–Crippen MR) is 66.2 cm³/mol. The maximum absolute atomic E-state index is 11.7. The molecule has 0 aliphatic heterocycles. The van der Waals surface area contributed by atoms with Gasteiger partial charge in [-0.3, -0.25) is 4.79 Å². The van der Waals surface area contributed by atoms with E-state index in [2.05, 4.69) is 22.0 Å². The van der Waals surface area contributed by atoms with Crippen molar-refractivity contribution in [2.45, 2.75) is 33.2 Å². The SMILES string of the molecule is CCCCNC(=O)Cn1c(C(=O)OC)cnc1C. The Balaban J connectivity index is 2.68. The topological polar surface area (TPSA) is 73.2 Å². The van der Waals surface area contributed by atoms with Crippen molar-refractivity contribution >= 4 is 11.9 Å². The molecule has 18 heavy (non-hydrogen) atoms. The zero-order valence-electron chi connectivity index (χ0n) is 11.0. The molecule has 0 saturated carbocycles. The third-order valence-corrected chi connectivity index (χ3v) is 2.60. The average molecular weight is 253 g/mol. The lowest BCUT2D eigenvalue weighted by molar-refractivity contribution is -0.121. The Morgan fingerprint density at radius 2 is 2.22 bits per heavy atom. The minimum absolute atomic E-state index is 0.0833. The molecule has 1 amide bonds. The summed E-state index contributed by atoms with van der Waals surface area (Å²) in [6.07, 6.45) is 3.39. The van der Waals surface area contributed by atoms with Gasteiger partial charge < -0.3 is 14.6 Å². The quantitative estimate of drug-likeness (QED) is 0.603. The lowest BCUT2D eigenvalue weighted by Crippen LogP contribution is -2.30. The molecule has 0 radical (unpaired) electrons. The van der Waals surface area contributed by atoms with Crippen molar-refractivity contribution in [1.82, 2.24) is 14.9 Å². The molecular weight excluding hydrogens is 234 g/mol. The Bertz CT molecular complexity index is 426. The third-order valence-electron chi connectivity index (χ3n) is 2.60. The van der Waals surface area contributed by atoms with Crippen LogP contribution in [-0.2, 0) is 16.1 Å². The summed E-state index contributed by atoms with van der Waals surface area (Å²) in [7, 11) is 1.30. The standard InChI is InChI=1S/C12H19N3O3/c1-4-5-6-13-11(16)8-15-9(2)14-7-10(15)12(17)18-3/h7H,4-6,8H2,1-3H3,(H,13,16). The van der Waals surface area contributed by atoms with Crippen LogP contribution in [0.15, 0.2) is 6.20 Å². The van der Waals surface area contributed by atoms with Gasteiger partial charge in [-0.2, -0.15) is 0 Å². The number of aromatic nitrogens is 2. The van der Waals surface area contributed by atoms with Gasteiger partial charge >= 0.3 is 5.97 Å². The summed E-state index contributed by atoms with van der Waals surface area (Å²) in [4.78, 5) is 27.2. The summed E-state index contributed by atoms with van der Waals surface area (Å²) in [6, 6.07) is 0. The van der Waals surface area contributed by atoms with Crippen molar-refractivity contribution in [2.24, 2.45) is 0 Å². The number of imidazole rings is 1. The number of methoxy groups -OCH3 is 1. The molecule has 0 fully saturated rings. The van der Waals surface area contributed by atoms with E-state index in [1.807, 2.05) is 0 Å². The van der Waals surface area contributed by atoms with Crippen LogP contribution in [0.25, 0.3) is 0 Å². The van der Waals surface area contributed by atoms with Gasteiger partial charge in [-0.15, -0.1) is 0 Å². The first-order chi connectivity index (χ1) is 8.60. The molecule has 1 aromatic rings. The van der Waals surface area contributed by atoms with Gasteiger partial charge in [0.25, 0.3) is 0 Å². The van der Waals surface area contributed by atoms with E-state index in [1.165, 1.54) is 13.3 Å². The number of aryl methyl sites for hydroxylation is 1. The van der Waals surface area contributed by atoms with Crippen LogP contribution in [0.3, 0.4) is 0 Å². The van der Waals surface area contributed by atoms with Crippen LogP contribution in [0, 0.1) is 6.92 Å². The van der Waals surface area contributed by atoms with E-state index in [-0.39, 0.29) is 12.5 Å². The molecule has 1 rings (SSSR count). The van der Waals surface area contributed by atoms with Gasteiger partial charge in [-0.25, -0.2) is 9.78 Å². The zero-order chi connectivity index (χ0) is 13.5. The van der Waals surface area contributed by atoms with Gasteiger partial charge in [0, 0.05) is 6.54 Å². The minimum Gasteiger partial charge on any atom is -0.464 e. The number of unbranched alkanes of at least 4 members (excludes halogenated alkanes) is 1. The maximum Gasteiger partial charge on any atom is 0.356 e. The first-order valence-electron chi connectivity index (χ1n) is 5.97. The molecule has 0 aliphatic carbocycles. The number of rotatable bonds is 6. The Morgan fingerprint density at radius 3 is 2.83 bits per heavy atom. The molecule has 0 aliphatic rings. The van der Waals surface area contributed by atoms with Crippen molar-refractivity contribution in [3.63, 3.8) is 0 Å². The van der Waals surface area contributed by atoms with Crippen LogP contribution in [-0.4, -0.2) is 35.1 Å². The summed E-state index contributed by atoms with van der Waals surface area (Å²) >= 11 is 0. The number of esters is 1. The van der Waals surface area contributed by atoms with Gasteiger partial charge in [0.1, 0.15) is 18.1 Å². The molecule has 1 heterocycles. The van der Waals surface area contributed by atoms with Crippen molar-refractivity contribution < 1.29 is 14.3 Å². The van der Waals surface area contributed by atoms with Gasteiger partial charge in [-0.05, 0) is 13.3 Å². The lowest BCUT2D eigenvalue weighted by Gasteiger charge is -2.09. The number of carbonyl (C=O) groups is 2. The molecule has 0 bridgehead atoms. The number of amides is 1. The second-order valence-electron chi connectivity index (χ2n) is 3.97. The summed E-state index contributed by atoms with van der Waals surface area (Å²) < 4.78 is 6.19. The second-order valence-corrected chi connectivity index (χ2v) is 3.97. The van der Waals surface area contributed by atoms with Gasteiger partial charge in [0.15, 0.2) is 0 Å². The van der Waals surface area contributed by atoms with Crippen molar-refractivity contribution in [3.05, 3.63) is 17.7 Å². The zero-order valence-corrected chi connectivity index (χ0v) is 11.0. The highest BCUT2D eigenvalue weighted by atomic mass is 16.5. The highest BCUT2D eigenvalue weighted by Gasteiger charge is 2.16. The maximum atomic E-state index is 11.7. The molecular formula is C12H19N3O3. The fourth-order valence-electron chi connectivity index (χ4n) is 1.54. The van der Waals surface area contributed by atoms with E-state index < -0.39 is 5.97 Å². The molecule has 1 aromatic heterocycles. The number of hydrogen-bond acceptors (Lipinski definition) is 4. The summed E-state index contributed by atoms with van der Waals surface area (Å²) in [5.41, 5.74) is 0.292. The minimum atomic E-state index is -0.489. The molecule has 1 N–H and O–H groups in total. The number of nitrogens with zero attached hydrogens (tertiary/aromatic N) is 2. The molecule has 0 atom stereocenters. The molecule has 0 spiro atoms. The third kappa shape index (κ3) is 3.58. The first-order valence-corrected chi connectivity index (χ1v) is 5.97. The predicted octanol–water partition coefficient (Wildman–Crippen LogP) is 0.894. The lowest BCUT2D eigenvalue weighted by atomic mass is 10.3. The summed E-state index contributed by atoms with van der Waals surface area (Å²) in [5.74, 6) is -0.00676. The van der Waals surface area contributed by atoms with Gasteiger partial charge in [0.2, 0.25) is 5.91 Å². The normalized spacial score (nSPS) is 10.2. The van der Waals surface area contributed by atoms with Crippen molar-refractivity contribution in [2.75, 3.05) is 13.7 Å². The molecule has 0 saturated heterocycles. The van der Waals surface area contributed by atoms with Crippen LogP contribution in [0.2, 0.25) is 0 Å². The van der Waals surface area contributed by atoms with E-state index >= 15 is 0 Å². The Kier molecular flexibility index (Phi) is 5.35. The summed E-state index contributed by atoms with van der Waals surface area (Å²) in [6.45, 7) is 4.53. The Morgan fingerprint density at radius 1 is 1.50 bits per heavy atom. The van der Waals surface area contributed by atoms with E-state index in [9.17, 15) is 9.59 Å².